The van der Waals surface area contributed by atoms with Gasteiger partial charge in [0.1, 0.15) is 11.7 Å². The van der Waals surface area contributed by atoms with Gasteiger partial charge in [0.15, 0.2) is 5.13 Å². The van der Waals surface area contributed by atoms with Crippen molar-refractivity contribution in [3.63, 3.8) is 0 Å². The van der Waals surface area contributed by atoms with Gasteiger partial charge in [0.2, 0.25) is 5.91 Å². The summed E-state index contributed by atoms with van der Waals surface area (Å²) in [5.74, 6) is -2.53. The van der Waals surface area contributed by atoms with Crippen LogP contribution in [0.15, 0.2) is 5.38 Å². The summed E-state index contributed by atoms with van der Waals surface area (Å²) in [4.78, 5) is 36.8. The van der Waals surface area contributed by atoms with Crippen LogP contribution in [0, 0.1) is 0 Å². The fraction of sp³-hybridized carbons (Fsp3) is 0.333. The Kier molecular flexibility index (Phi) is 4.60. The summed E-state index contributed by atoms with van der Waals surface area (Å²) >= 11 is 1.07. The van der Waals surface area contributed by atoms with E-state index in [4.69, 9.17) is 16.6 Å². The molecule has 1 aromatic heterocycles. The number of hydrogen-bond acceptors (Lipinski definition) is 6. The number of nitrogens with two attached hydrogens (primary N) is 2. The lowest BCUT2D eigenvalue weighted by molar-refractivity contribution is -0.139. The molecule has 1 heterocycles. The summed E-state index contributed by atoms with van der Waals surface area (Å²) in [6, 6.07) is -1.19. The van der Waals surface area contributed by atoms with Crippen LogP contribution in [0.2, 0.25) is 0 Å². The first kappa shape index (κ1) is 13.9. The van der Waals surface area contributed by atoms with Gasteiger partial charge in [0, 0.05) is 11.8 Å². The van der Waals surface area contributed by atoms with Gasteiger partial charge in [-0.2, -0.15) is 0 Å². The van der Waals surface area contributed by atoms with Gasteiger partial charge in [-0.1, -0.05) is 0 Å². The van der Waals surface area contributed by atoms with Gasteiger partial charge in [0.25, 0.3) is 5.91 Å². The number of anilines is 1. The topological polar surface area (TPSA) is 148 Å². The van der Waals surface area contributed by atoms with Gasteiger partial charge in [-0.15, -0.1) is 11.3 Å². The van der Waals surface area contributed by atoms with Crippen LogP contribution in [0.1, 0.15) is 23.3 Å². The Hall–Kier alpha value is -2.16. The molecule has 0 radical (unpaired) electrons. The average molecular weight is 272 g/mol. The number of nitrogen functional groups attached to an aromatic ring is 1. The molecular formula is C9H12N4O4S. The molecule has 0 saturated heterocycles. The number of carboxylic acids is 1. The molecule has 0 aliphatic carbocycles. The molecule has 0 aliphatic heterocycles. The highest BCUT2D eigenvalue weighted by molar-refractivity contribution is 7.13. The monoisotopic (exact) mass is 272 g/mol. The Balaban J connectivity index is 2.63. The zero-order valence-corrected chi connectivity index (χ0v) is 10.1. The highest BCUT2D eigenvalue weighted by atomic mass is 32.1. The van der Waals surface area contributed by atoms with Crippen LogP contribution in [0.5, 0.6) is 0 Å². The second-order valence-electron chi connectivity index (χ2n) is 3.44. The number of carboxylic acid groups (broad SMARTS) is 1. The molecule has 0 unspecified atom stereocenters. The van der Waals surface area contributed by atoms with Gasteiger partial charge in [-0.25, -0.2) is 9.78 Å². The van der Waals surface area contributed by atoms with Crippen molar-refractivity contribution in [2.75, 3.05) is 5.73 Å². The lowest BCUT2D eigenvalue weighted by Gasteiger charge is -2.12. The number of amides is 2. The van der Waals surface area contributed by atoms with Crippen molar-refractivity contribution in [2.24, 2.45) is 5.73 Å². The smallest absolute Gasteiger partial charge is 0.326 e. The molecule has 0 fully saturated rings. The molecule has 0 bridgehead atoms. The van der Waals surface area contributed by atoms with Crippen LogP contribution in [-0.4, -0.2) is 33.9 Å². The van der Waals surface area contributed by atoms with E-state index in [9.17, 15) is 14.4 Å². The van der Waals surface area contributed by atoms with Crippen molar-refractivity contribution >= 4 is 34.3 Å². The normalized spacial score (nSPS) is 11.8. The second kappa shape index (κ2) is 5.96. The van der Waals surface area contributed by atoms with Crippen LogP contribution < -0.4 is 16.8 Å². The molecule has 0 spiro atoms. The van der Waals surface area contributed by atoms with E-state index in [-0.39, 0.29) is 23.7 Å². The van der Waals surface area contributed by atoms with Gasteiger partial charge in [0.05, 0.1) is 0 Å². The van der Waals surface area contributed by atoms with E-state index >= 15 is 0 Å². The summed E-state index contributed by atoms with van der Waals surface area (Å²) in [7, 11) is 0. The second-order valence-corrected chi connectivity index (χ2v) is 4.33. The van der Waals surface area contributed by atoms with Gasteiger partial charge in [-0.05, 0) is 6.42 Å². The first-order valence-corrected chi connectivity index (χ1v) is 5.81. The molecule has 1 aromatic rings. The number of rotatable bonds is 6. The van der Waals surface area contributed by atoms with Gasteiger partial charge >= 0.3 is 5.97 Å². The number of carbonyl (C=O) groups is 3. The van der Waals surface area contributed by atoms with Crippen molar-refractivity contribution in [2.45, 2.75) is 18.9 Å². The number of hydrogen-bond donors (Lipinski definition) is 4. The standard InChI is InChI=1S/C9H12N4O4S/c10-6(14)2-1-4(8(16)17)12-7(15)5-3-18-9(11)13-5/h3-4H,1-2H2,(H2,10,14)(H2,11,13)(H,12,15)(H,16,17)/t4-/m1/s1. The Labute approximate surface area is 106 Å². The molecule has 0 aromatic carbocycles. The van der Waals surface area contributed by atoms with Crippen molar-refractivity contribution in [3.8, 4) is 0 Å². The van der Waals surface area contributed by atoms with E-state index < -0.39 is 23.8 Å². The predicted molar refractivity (Wildman–Crippen MR) is 63.8 cm³/mol. The molecule has 2 amide bonds. The molecule has 6 N–H and O–H groups in total. The van der Waals surface area contributed by atoms with Crippen molar-refractivity contribution in [3.05, 3.63) is 11.1 Å². The first-order valence-electron chi connectivity index (χ1n) is 4.93. The molecule has 9 heteroatoms. The molecule has 0 saturated carbocycles. The fourth-order valence-corrected chi connectivity index (χ4v) is 1.71. The van der Waals surface area contributed by atoms with Crippen LogP contribution in [0.3, 0.4) is 0 Å². The Morgan fingerprint density at radius 1 is 1.50 bits per heavy atom. The summed E-state index contributed by atoms with van der Waals surface area (Å²) in [6.07, 6.45) is -0.202. The van der Waals surface area contributed by atoms with Crippen molar-refractivity contribution in [1.82, 2.24) is 10.3 Å². The number of primary amides is 1. The number of thiazole rings is 1. The molecule has 1 atom stereocenters. The average Bonchev–Trinajstić information content (AvgIpc) is 2.70. The fourth-order valence-electron chi connectivity index (χ4n) is 1.17. The summed E-state index contributed by atoms with van der Waals surface area (Å²) < 4.78 is 0. The zero-order chi connectivity index (χ0) is 13.7. The minimum absolute atomic E-state index is 0.0443. The molecule has 98 valence electrons. The number of nitrogens with zero attached hydrogens (tertiary/aromatic N) is 1. The van der Waals surface area contributed by atoms with E-state index in [1.165, 1.54) is 5.38 Å². The maximum absolute atomic E-state index is 11.6. The summed E-state index contributed by atoms with van der Waals surface area (Å²) in [5, 5.41) is 12.7. The maximum Gasteiger partial charge on any atom is 0.326 e. The molecule has 18 heavy (non-hydrogen) atoms. The Morgan fingerprint density at radius 3 is 2.61 bits per heavy atom. The number of aromatic nitrogens is 1. The van der Waals surface area contributed by atoms with E-state index in [1.54, 1.807) is 0 Å². The SMILES string of the molecule is NC(=O)CC[C@@H](NC(=O)c1csc(N)n1)C(=O)O. The lowest BCUT2D eigenvalue weighted by Crippen LogP contribution is -2.41. The first-order chi connectivity index (χ1) is 8.40. The number of nitrogens with one attached hydrogen (secondary N) is 1. The maximum atomic E-state index is 11.6. The molecule has 0 aliphatic rings. The quantitative estimate of drug-likeness (QED) is 0.531. The van der Waals surface area contributed by atoms with Crippen LogP contribution in [0.4, 0.5) is 5.13 Å². The van der Waals surface area contributed by atoms with Gasteiger partial charge < -0.3 is 21.9 Å². The minimum Gasteiger partial charge on any atom is -0.480 e. The van der Waals surface area contributed by atoms with E-state index in [1.807, 2.05) is 0 Å². The highest BCUT2D eigenvalue weighted by Crippen LogP contribution is 2.11. The minimum atomic E-state index is -1.24. The zero-order valence-electron chi connectivity index (χ0n) is 9.25. The Bertz CT molecular complexity index is 473. The van der Waals surface area contributed by atoms with Crippen LogP contribution in [-0.2, 0) is 9.59 Å². The van der Waals surface area contributed by atoms with E-state index in [2.05, 4.69) is 10.3 Å². The predicted octanol–water partition coefficient (Wildman–Crippen LogP) is -0.826. The lowest BCUT2D eigenvalue weighted by atomic mass is 10.1. The van der Waals surface area contributed by atoms with Crippen LogP contribution in [0.25, 0.3) is 0 Å². The number of carbonyl (C=O) groups excluding carboxylic acids is 2. The Morgan fingerprint density at radius 2 is 2.17 bits per heavy atom. The third kappa shape index (κ3) is 4.01. The summed E-state index contributed by atoms with van der Waals surface area (Å²) in [6.45, 7) is 0. The van der Waals surface area contributed by atoms with Crippen molar-refractivity contribution in [1.29, 1.82) is 0 Å². The molecule has 1 rings (SSSR count). The van der Waals surface area contributed by atoms with E-state index in [0.717, 1.165) is 11.3 Å². The number of aliphatic carboxylic acids is 1. The van der Waals surface area contributed by atoms with Crippen molar-refractivity contribution < 1.29 is 19.5 Å². The van der Waals surface area contributed by atoms with E-state index in [0.29, 0.717) is 0 Å². The molecular weight excluding hydrogens is 260 g/mol. The third-order valence-electron chi connectivity index (χ3n) is 2.04. The molecule has 8 nitrogen and oxygen atoms in total. The largest absolute Gasteiger partial charge is 0.480 e. The van der Waals surface area contributed by atoms with Crippen LogP contribution >= 0.6 is 11.3 Å². The summed E-state index contributed by atoms with van der Waals surface area (Å²) in [5.41, 5.74) is 10.3. The third-order valence-corrected chi connectivity index (χ3v) is 2.71. The van der Waals surface area contributed by atoms with Gasteiger partial charge in [-0.3, -0.25) is 9.59 Å². The highest BCUT2D eigenvalue weighted by Gasteiger charge is 2.22.